The lowest BCUT2D eigenvalue weighted by atomic mass is 10.1. The Morgan fingerprint density at radius 2 is 1.04 bits per heavy atom. The molecule has 0 bridgehead atoms. The van der Waals surface area contributed by atoms with Crippen molar-refractivity contribution in [2.75, 3.05) is 0 Å². The Balaban J connectivity index is 2.38. The van der Waals surface area contributed by atoms with E-state index in [4.69, 9.17) is 0 Å². The number of hydrogen-bond acceptors (Lipinski definition) is 1. The predicted octanol–water partition coefficient (Wildman–Crippen LogP) is 4.55. The summed E-state index contributed by atoms with van der Waals surface area (Å²) in [5.74, 6) is 0.0222. The molecule has 0 radical (unpaired) electrons. The normalized spacial score (nSPS) is 12.6. The van der Waals surface area contributed by atoms with E-state index >= 15 is 0 Å². The highest BCUT2D eigenvalue weighted by Gasteiger charge is 2.54. The fourth-order valence-electron chi connectivity index (χ4n) is 3.29. The summed E-state index contributed by atoms with van der Waals surface area (Å²) in [5.41, 5.74) is 0.360. The van der Waals surface area contributed by atoms with Crippen molar-refractivity contribution in [1.29, 1.82) is 0 Å². The van der Waals surface area contributed by atoms with E-state index < -0.39 is 7.26 Å². The first kappa shape index (κ1) is 17.6. The highest BCUT2D eigenvalue weighted by atomic mass is 31.2. The van der Waals surface area contributed by atoms with E-state index in [1.54, 1.807) is 0 Å². The van der Waals surface area contributed by atoms with Gasteiger partial charge < -0.3 is 0 Å². The number of rotatable bonds is 6. The zero-order chi connectivity index (χ0) is 17.7. The molecule has 0 aliphatic carbocycles. The Morgan fingerprint density at radius 1 is 0.720 bits per heavy atom. The maximum atomic E-state index is 13.8. The Bertz CT molecular complexity index is 716. The van der Waals surface area contributed by atoms with Crippen LogP contribution in [0, 0.1) is 5.92 Å². The van der Waals surface area contributed by atoms with E-state index in [-0.39, 0.29) is 5.92 Å². The number of hydrogen-bond donors (Lipinski definition) is 0. The van der Waals surface area contributed by atoms with Crippen LogP contribution in [-0.4, -0.2) is 5.52 Å². The molecule has 0 spiro atoms. The lowest BCUT2D eigenvalue weighted by Gasteiger charge is -2.27. The van der Waals surface area contributed by atoms with Gasteiger partial charge in [-0.2, -0.15) is 0 Å². The molecule has 0 aliphatic heterocycles. The fourth-order valence-corrected chi connectivity index (χ4v) is 7.65. The average Bonchev–Trinajstić information content (AvgIpc) is 2.70. The lowest BCUT2D eigenvalue weighted by Crippen LogP contribution is -2.38. The van der Waals surface area contributed by atoms with Gasteiger partial charge in [0.15, 0.2) is 7.26 Å². The van der Waals surface area contributed by atoms with Crippen molar-refractivity contribution in [2.45, 2.75) is 20.3 Å². The van der Waals surface area contributed by atoms with Crippen molar-refractivity contribution in [1.82, 2.24) is 0 Å². The van der Waals surface area contributed by atoms with Gasteiger partial charge in [-0.1, -0.05) is 68.4 Å². The van der Waals surface area contributed by atoms with Crippen LogP contribution in [0.3, 0.4) is 0 Å². The van der Waals surface area contributed by atoms with Crippen LogP contribution >= 0.6 is 7.26 Å². The highest BCUT2D eigenvalue weighted by molar-refractivity contribution is 8.08. The fraction of sp³-hybridized carbons (Fsp3) is 0.174. The van der Waals surface area contributed by atoms with Crippen molar-refractivity contribution in [3.05, 3.63) is 91.0 Å². The molecule has 126 valence electrons. The van der Waals surface area contributed by atoms with E-state index in [0.29, 0.717) is 5.52 Å². The zero-order valence-corrected chi connectivity index (χ0v) is 15.7. The van der Waals surface area contributed by atoms with Crippen LogP contribution in [0.2, 0.25) is 0 Å². The standard InChI is InChI=1S/C23H24OP/c1-3-19(2)23(24)25(20-13-7-4-8-14-20,21-15-9-5-10-16-21)22-17-11-6-12-18-22/h4-19H,3H2,1-2H3/q+1. The molecule has 0 N–H and O–H groups in total. The first-order valence-electron chi connectivity index (χ1n) is 8.81. The van der Waals surface area contributed by atoms with Crippen molar-refractivity contribution in [3.8, 4) is 0 Å². The number of benzene rings is 3. The first-order valence-corrected chi connectivity index (χ1v) is 10.6. The molecular weight excluding hydrogens is 323 g/mol. The molecule has 0 saturated carbocycles. The molecule has 1 unspecified atom stereocenters. The van der Waals surface area contributed by atoms with E-state index in [9.17, 15) is 4.79 Å². The summed E-state index contributed by atoms with van der Waals surface area (Å²) in [6.07, 6.45) is 0.854. The van der Waals surface area contributed by atoms with Crippen molar-refractivity contribution < 1.29 is 4.79 Å². The minimum atomic E-state index is -2.36. The highest BCUT2D eigenvalue weighted by Crippen LogP contribution is 2.58. The summed E-state index contributed by atoms with van der Waals surface area (Å²) in [7, 11) is -2.36. The van der Waals surface area contributed by atoms with Crippen LogP contribution in [-0.2, 0) is 4.79 Å². The van der Waals surface area contributed by atoms with Gasteiger partial charge in [-0.15, -0.1) is 0 Å². The predicted molar refractivity (Wildman–Crippen MR) is 110 cm³/mol. The van der Waals surface area contributed by atoms with E-state index in [1.807, 2.05) is 54.6 Å². The van der Waals surface area contributed by atoms with Gasteiger partial charge in [0.25, 0.3) is 5.52 Å². The third-order valence-corrected chi connectivity index (χ3v) is 9.12. The Labute approximate surface area is 151 Å². The first-order chi connectivity index (χ1) is 12.2. The van der Waals surface area contributed by atoms with Crippen LogP contribution in [0.4, 0.5) is 0 Å². The van der Waals surface area contributed by atoms with Gasteiger partial charge in [-0.3, -0.25) is 4.79 Å². The molecule has 3 aromatic rings. The molecule has 25 heavy (non-hydrogen) atoms. The van der Waals surface area contributed by atoms with Gasteiger partial charge in [0.05, 0.1) is 5.92 Å². The Hall–Kier alpha value is -2.24. The molecule has 3 aromatic carbocycles. The molecule has 0 amide bonds. The molecule has 3 rings (SSSR count). The molecule has 0 aliphatic rings. The van der Waals surface area contributed by atoms with Crippen LogP contribution in [0.1, 0.15) is 20.3 Å². The third kappa shape index (κ3) is 3.17. The Morgan fingerprint density at radius 3 is 1.32 bits per heavy atom. The molecule has 0 fully saturated rings. The molecule has 2 heteroatoms. The van der Waals surface area contributed by atoms with Crippen molar-refractivity contribution in [3.63, 3.8) is 0 Å². The summed E-state index contributed by atoms with van der Waals surface area (Å²) in [6, 6.07) is 31.0. The van der Waals surface area contributed by atoms with Gasteiger partial charge in [0.1, 0.15) is 15.9 Å². The van der Waals surface area contributed by atoms with Crippen molar-refractivity contribution >= 4 is 28.7 Å². The van der Waals surface area contributed by atoms with E-state index in [2.05, 4.69) is 50.2 Å². The molecular formula is C23H24OP+. The average molecular weight is 347 g/mol. The second-order valence-corrected chi connectivity index (χ2v) is 9.66. The summed E-state index contributed by atoms with van der Waals surface area (Å²) >= 11 is 0. The summed E-state index contributed by atoms with van der Waals surface area (Å²) in [5, 5.41) is 3.41. The lowest BCUT2D eigenvalue weighted by molar-refractivity contribution is -0.114. The van der Waals surface area contributed by atoms with Crippen LogP contribution in [0.25, 0.3) is 0 Å². The maximum absolute atomic E-state index is 13.8. The second-order valence-electron chi connectivity index (χ2n) is 6.33. The summed E-state index contributed by atoms with van der Waals surface area (Å²) < 4.78 is 0. The molecule has 0 saturated heterocycles. The molecule has 1 atom stereocenters. The van der Waals surface area contributed by atoms with E-state index in [1.165, 1.54) is 0 Å². The van der Waals surface area contributed by atoms with Crippen molar-refractivity contribution in [2.24, 2.45) is 5.92 Å². The quantitative estimate of drug-likeness (QED) is 0.598. The minimum Gasteiger partial charge on any atom is -0.251 e. The molecule has 0 aromatic heterocycles. The summed E-state index contributed by atoms with van der Waals surface area (Å²) in [4.78, 5) is 13.8. The topological polar surface area (TPSA) is 17.1 Å². The third-order valence-electron chi connectivity index (χ3n) is 4.79. The Kier molecular flexibility index (Phi) is 5.46. The largest absolute Gasteiger partial charge is 0.286 e. The van der Waals surface area contributed by atoms with Crippen LogP contribution < -0.4 is 15.9 Å². The number of carbonyl (C=O) groups excluding carboxylic acids is 1. The second kappa shape index (κ2) is 7.76. The maximum Gasteiger partial charge on any atom is 0.286 e. The smallest absolute Gasteiger partial charge is 0.251 e. The molecule has 1 nitrogen and oxygen atoms in total. The zero-order valence-electron chi connectivity index (χ0n) is 14.8. The minimum absolute atomic E-state index is 0.0222. The van der Waals surface area contributed by atoms with Gasteiger partial charge in [0.2, 0.25) is 0 Å². The van der Waals surface area contributed by atoms with Gasteiger partial charge >= 0.3 is 0 Å². The van der Waals surface area contributed by atoms with Gasteiger partial charge in [-0.05, 0) is 42.8 Å². The number of carbonyl (C=O) groups is 1. The van der Waals surface area contributed by atoms with Gasteiger partial charge in [0, 0.05) is 0 Å². The van der Waals surface area contributed by atoms with Gasteiger partial charge in [-0.25, -0.2) is 0 Å². The molecule has 0 heterocycles. The summed E-state index contributed by atoms with van der Waals surface area (Å²) in [6.45, 7) is 4.16. The SMILES string of the molecule is CCC(C)C(=O)[P+](c1ccccc1)(c1ccccc1)c1ccccc1. The van der Waals surface area contributed by atoms with Crippen LogP contribution in [0.15, 0.2) is 91.0 Å². The van der Waals surface area contributed by atoms with Crippen LogP contribution in [0.5, 0.6) is 0 Å². The van der Waals surface area contributed by atoms with E-state index in [0.717, 1.165) is 22.3 Å². The monoisotopic (exact) mass is 347 g/mol.